The lowest BCUT2D eigenvalue weighted by Gasteiger charge is -2.17. The minimum Gasteiger partial charge on any atom is -0.350 e. The Labute approximate surface area is 105 Å². The van der Waals surface area contributed by atoms with Gasteiger partial charge in [-0.2, -0.15) is 0 Å². The van der Waals surface area contributed by atoms with E-state index in [0.717, 1.165) is 6.54 Å². The largest absolute Gasteiger partial charge is 0.350 e. The zero-order chi connectivity index (χ0) is 12.1. The molecule has 1 aromatic rings. The number of hydrogen-bond donors (Lipinski definition) is 1. The highest BCUT2D eigenvalue weighted by Gasteiger charge is 2.11. The van der Waals surface area contributed by atoms with Gasteiger partial charge in [0.05, 0.1) is 0 Å². The molecule has 0 aliphatic carbocycles. The first kappa shape index (κ1) is 12.7. The Bertz CT molecular complexity index is 326. The Balaban J connectivity index is 1.79. The van der Waals surface area contributed by atoms with Crippen molar-refractivity contribution in [2.75, 3.05) is 26.7 Å². The zero-order valence-corrected chi connectivity index (χ0v) is 11.2. The quantitative estimate of drug-likeness (QED) is 0.816. The first-order valence-electron chi connectivity index (χ1n) is 6.86. The van der Waals surface area contributed by atoms with E-state index in [1.54, 1.807) is 0 Å². The van der Waals surface area contributed by atoms with Crippen LogP contribution in [0.4, 0.5) is 0 Å². The number of aryl methyl sites for hydroxylation is 1. The zero-order valence-electron chi connectivity index (χ0n) is 11.2. The number of rotatable bonds is 6. The van der Waals surface area contributed by atoms with Crippen LogP contribution in [0.1, 0.15) is 37.9 Å². The van der Waals surface area contributed by atoms with E-state index >= 15 is 0 Å². The molecule has 0 amide bonds. The molecule has 2 heterocycles. The second kappa shape index (κ2) is 6.22. The molecule has 0 spiro atoms. The molecule has 2 rings (SSSR count). The van der Waals surface area contributed by atoms with Crippen LogP contribution in [0.5, 0.6) is 0 Å². The van der Waals surface area contributed by atoms with E-state index in [2.05, 4.69) is 40.0 Å². The van der Waals surface area contributed by atoms with Crippen molar-refractivity contribution in [1.29, 1.82) is 0 Å². The van der Waals surface area contributed by atoms with Crippen LogP contribution in [0.3, 0.4) is 0 Å². The maximum atomic E-state index is 3.31. The van der Waals surface area contributed by atoms with Gasteiger partial charge in [-0.05, 0) is 65.0 Å². The van der Waals surface area contributed by atoms with Crippen molar-refractivity contribution in [2.45, 2.75) is 38.8 Å². The molecule has 1 fully saturated rings. The molecule has 1 unspecified atom stereocenters. The van der Waals surface area contributed by atoms with E-state index in [0.29, 0.717) is 6.04 Å². The monoisotopic (exact) mass is 235 g/mol. The fourth-order valence-corrected chi connectivity index (χ4v) is 2.64. The first-order chi connectivity index (χ1) is 8.31. The van der Waals surface area contributed by atoms with Crippen molar-refractivity contribution in [2.24, 2.45) is 0 Å². The number of nitrogens with zero attached hydrogens (tertiary/aromatic N) is 2. The van der Waals surface area contributed by atoms with Crippen molar-refractivity contribution in [3.8, 4) is 0 Å². The summed E-state index contributed by atoms with van der Waals surface area (Å²) in [5.74, 6) is 0. The van der Waals surface area contributed by atoms with Gasteiger partial charge in [0.25, 0.3) is 0 Å². The van der Waals surface area contributed by atoms with Crippen molar-refractivity contribution in [3.05, 3.63) is 24.0 Å². The fourth-order valence-electron chi connectivity index (χ4n) is 2.64. The second-order valence-corrected chi connectivity index (χ2v) is 5.04. The van der Waals surface area contributed by atoms with Crippen LogP contribution in [-0.4, -0.2) is 36.1 Å². The third-order valence-electron chi connectivity index (χ3n) is 3.81. The number of likely N-dealkylation sites (tertiary alicyclic amines) is 1. The summed E-state index contributed by atoms with van der Waals surface area (Å²) in [6, 6.07) is 4.81. The standard InChI is InChI=1S/C14H25N3/c1-13(15-2)14-7-5-11-17(14)12-6-10-16-8-3-4-9-16/h5,7,11,13,15H,3-4,6,8-10,12H2,1-2H3. The highest BCUT2D eigenvalue weighted by Crippen LogP contribution is 2.14. The number of hydrogen-bond acceptors (Lipinski definition) is 2. The average molecular weight is 235 g/mol. The lowest BCUT2D eigenvalue weighted by atomic mass is 10.2. The minimum atomic E-state index is 0.441. The van der Waals surface area contributed by atoms with E-state index in [1.807, 2.05) is 7.05 Å². The van der Waals surface area contributed by atoms with Crippen LogP contribution in [0.15, 0.2) is 18.3 Å². The highest BCUT2D eigenvalue weighted by molar-refractivity contribution is 5.11. The predicted molar refractivity (Wildman–Crippen MR) is 72.2 cm³/mol. The van der Waals surface area contributed by atoms with Crippen molar-refractivity contribution >= 4 is 0 Å². The molecule has 1 atom stereocenters. The maximum absolute atomic E-state index is 3.31. The summed E-state index contributed by atoms with van der Waals surface area (Å²) in [5, 5.41) is 3.31. The van der Waals surface area contributed by atoms with Gasteiger partial charge in [-0.15, -0.1) is 0 Å². The third-order valence-corrected chi connectivity index (χ3v) is 3.81. The third kappa shape index (κ3) is 3.33. The molecule has 17 heavy (non-hydrogen) atoms. The maximum Gasteiger partial charge on any atom is 0.0443 e. The molecule has 0 radical (unpaired) electrons. The van der Waals surface area contributed by atoms with Crippen molar-refractivity contribution in [3.63, 3.8) is 0 Å². The normalized spacial score (nSPS) is 18.7. The molecule has 3 nitrogen and oxygen atoms in total. The van der Waals surface area contributed by atoms with Crippen molar-refractivity contribution in [1.82, 2.24) is 14.8 Å². The summed E-state index contributed by atoms with van der Waals surface area (Å²) in [6.07, 6.45) is 6.25. The van der Waals surface area contributed by atoms with Crippen LogP contribution in [0, 0.1) is 0 Å². The van der Waals surface area contributed by atoms with Crippen LogP contribution >= 0.6 is 0 Å². The van der Waals surface area contributed by atoms with Gasteiger partial charge in [-0.3, -0.25) is 0 Å². The van der Waals surface area contributed by atoms with Crippen LogP contribution in [-0.2, 0) is 6.54 Å². The lowest BCUT2D eigenvalue weighted by molar-refractivity contribution is 0.324. The van der Waals surface area contributed by atoms with Crippen LogP contribution in [0.25, 0.3) is 0 Å². The molecule has 1 saturated heterocycles. The average Bonchev–Trinajstić information content (AvgIpc) is 2.99. The molecular weight excluding hydrogens is 210 g/mol. The SMILES string of the molecule is CNC(C)c1cccn1CCCN1CCCC1. The van der Waals surface area contributed by atoms with Crippen molar-refractivity contribution < 1.29 is 0 Å². The summed E-state index contributed by atoms with van der Waals surface area (Å²) in [6.45, 7) is 7.24. The minimum absolute atomic E-state index is 0.441. The van der Waals surface area contributed by atoms with E-state index < -0.39 is 0 Å². The van der Waals surface area contributed by atoms with Gasteiger partial charge in [0.1, 0.15) is 0 Å². The second-order valence-electron chi connectivity index (χ2n) is 5.04. The Morgan fingerprint density at radius 2 is 2.06 bits per heavy atom. The summed E-state index contributed by atoms with van der Waals surface area (Å²) in [5.41, 5.74) is 1.40. The Hall–Kier alpha value is -0.800. The van der Waals surface area contributed by atoms with E-state index in [4.69, 9.17) is 0 Å². The van der Waals surface area contributed by atoms with Gasteiger partial charge in [-0.1, -0.05) is 0 Å². The molecule has 1 N–H and O–H groups in total. The van der Waals surface area contributed by atoms with Gasteiger partial charge in [-0.25, -0.2) is 0 Å². The molecule has 1 aliphatic heterocycles. The van der Waals surface area contributed by atoms with Gasteiger partial charge in [0.15, 0.2) is 0 Å². The molecule has 3 heteroatoms. The molecule has 96 valence electrons. The van der Waals surface area contributed by atoms with E-state index in [1.165, 1.54) is 44.6 Å². The van der Waals surface area contributed by atoms with Gasteiger partial charge in [0, 0.05) is 24.5 Å². The molecular formula is C14H25N3. The van der Waals surface area contributed by atoms with Gasteiger partial charge in [0.2, 0.25) is 0 Å². The van der Waals surface area contributed by atoms with E-state index in [-0.39, 0.29) is 0 Å². The highest BCUT2D eigenvalue weighted by atomic mass is 15.1. The molecule has 0 aromatic carbocycles. The number of nitrogens with one attached hydrogen (secondary N) is 1. The van der Waals surface area contributed by atoms with Crippen LogP contribution in [0.2, 0.25) is 0 Å². The molecule has 1 aromatic heterocycles. The lowest BCUT2D eigenvalue weighted by Crippen LogP contribution is -2.22. The topological polar surface area (TPSA) is 20.2 Å². The number of aromatic nitrogens is 1. The summed E-state index contributed by atoms with van der Waals surface area (Å²) in [4.78, 5) is 2.59. The first-order valence-corrected chi connectivity index (χ1v) is 6.86. The predicted octanol–water partition coefficient (Wildman–Crippen LogP) is 2.25. The Kier molecular flexibility index (Phi) is 4.63. The van der Waals surface area contributed by atoms with E-state index in [9.17, 15) is 0 Å². The van der Waals surface area contributed by atoms with Gasteiger partial charge < -0.3 is 14.8 Å². The smallest absolute Gasteiger partial charge is 0.0443 e. The Morgan fingerprint density at radius 1 is 1.29 bits per heavy atom. The molecule has 0 saturated carbocycles. The molecule has 0 bridgehead atoms. The Morgan fingerprint density at radius 3 is 2.76 bits per heavy atom. The summed E-state index contributed by atoms with van der Waals surface area (Å²) in [7, 11) is 2.02. The summed E-state index contributed by atoms with van der Waals surface area (Å²) >= 11 is 0. The van der Waals surface area contributed by atoms with Gasteiger partial charge >= 0.3 is 0 Å². The fraction of sp³-hybridized carbons (Fsp3) is 0.714. The summed E-state index contributed by atoms with van der Waals surface area (Å²) < 4.78 is 2.39. The molecule has 1 aliphatic rings. The van der Waals surface area contributed by atoms with Crippen LogP contribution < -0.4 is 5.32 Å².